The monoisotopic (exact) mass is 450 g/mol. The number of esters is 1. The van der Waals surface area contributed by atoms with Crippen LogP contribution in [0.25, 0.3) is 0 Å². The summed E-state index contributed by atoms with van der Waals surface area (Å²) in [5.74, 6) is -2.73. The third-order valence-electron chi connectivity index (χ3n) is 4.35. The molecule has 2 amide bonds. The van der Waals surface area contributed by atoms with Crippen LogP contribution in [0, 0.1) is 11.6 Å². The van der Waals surface area contributed by atoms with Gasteiger partial charge in [-0.2, -0.15) is 0 Å². The van der Waals surface area contributed by atoms with Crippen LogP contribution < -0.4 is 20.1 Å². The first-order valence-corrected chi connectivity index (χ1v) is 9.70. The maximum Gasteiger partial charge on any atom is 0.306 e. The number of anilines is 1. The summed E-state index contributed by atoms with van der Waals surface area (Å²) >= 11 is 0. The van der Waals surface area contributed by atoms with Crippen LogP contribution in [0.15, 0.2) is 36.4 Å². The number of amides is 2. The zero-order valence-corrected chi connectivity index (χ0v) is 17.9. The zero-order valence-electron chi connectivity index (χ0n) is 17.9. The minimum atomic E-state index is -1.06. The lowest BCUT2D eigenvalue weighted by atomic mass is 10.2. The van der Waals surface area contributed by atoms with Crippen molar-refractivity contribution in [2.75, 3.05) is 26.1 Å². The molecule has 172 valence electrons. The van der Waals surface area contributed by atoms with Crippen LogP contribution in [-0.4, -0.2) is 44.7 Å². The van der Waals surface area contributed by atoms with Gasteiger partial charge in [-0.1, -0.05) is 0 Å². The van der Waals surface area contributed by atoms with Crippen LogP contribution in [-0.2, 0) is 14.3 Å². The van der Waals surface area contributed by atoms with E-state index in [0.29, 0.717) is 23.3 Å². The lowest BCUT2D eigenvalue weighted by molar-refractivity contribution is -0.153. The zero-order chi connectivity index (χ0) is 23.7. The molecule has 2 N–H and O–H groups in total. The number of rotatable bonds is 10. The Morgan fingerprint density at radius 2 is 1.72 bits per heavy atom. The topological polar surface area (TPSA) is 103 Å². The van der Waals surface area contributed by atoms with Gasteiger partial charge in [0.1, 0.15) is 11.6 Å². The molecule has 1 atom stereocenters. The van der Waals surface area contributed by atoms with E-state index in [0.717, 1.165) is 12.1 Å². The Morgan fingerprint density at radius 1 is 1.00 bits per heavy atom. The minimum Gasteiger partial charge on any atom is -0.493 e. The fraction of sp³-hybridized carbons (Fsp3) is 0.318. The summed E-state index contributed by atoms with van der Waals surface area (Å²) in [6, 6.07) is 7.42. The molecule has 1 unspecified atom stereocenters. The summed E-state index contributed by atoms with van der Waals surface area (Å²) in [5.41, 5.74) is 0.140. The summed E-state index contributed by atoms with van der Waals surface area (Å²) in [5, 5.41) is 5.04. The van der Waals surface area contributed by atoms with Gasteiger partial charge in [0, 0.05) is 30.8 Å². The van der Waals surface area contributed by atoms with Crippen molar-refractivity contribution >= 4 is 23.5 Å². The van der Waals surface area contributed by atoms with Gasteiger partial charge in [0.25, 0.3) is 11.8 Å². The van der Waals surface area contributed by atoms with E-state index in [9.17, 15) is 23.2 Å². The molecule has 2 rings (SSSR count). The highest BCUT2D eigenvalue weighted by atomic mass is 19.1. The Hall–Kier alpha value is -3.69. The van der Waals surface area contributed by atoms with Gasteiger partial charge < -0.3 is 24.8 Å². The van der Waals surface area contributed by atoms with Crippen molar-refractivity contribution in [1.29, 1.82) is 0 Å². The van der Waals surface area contributed by atoms with E-state index in [1.54, 1.807) is 18.2 Å². The predicted octanol–water partition coefficient (Wildman–Crippen LogP) is 3.06. The summed E-state index contributed by atoms with van der Waals surface area (Å²) in [6.07, 6.45) is -0.920. The number of hydrogen-bond donors (Lipinski definition) is 2. The molecule has 32 heavy (non-hydrogen) atoms. The molecular weight excluding hydrogens is 426 g/mol. The first-order chi connectivity index (χ1) is 15.2. The van der Waals surface area contributed by atoms with Crippen LogP contribution in [0.5, 0.6) is 11.5 Å². The summed E-state index contributed by atoms with van der Waals surface area (Å²) < 4.78 is 41.8. The van der Waals surface area contributed by atoms with Crippen molar-refractivity contribution in [2.45, 2.75) is 25.9 Å². The molecule has 0 aromatic heterocycles. The molecule has 2 aromatic rings. The van der Waals surface area contributed by atoms with Crippen molar-refractivity contribution in [3.8, 4) is 11.5 Å². The number of nitrogens with one attached hydrogen (secondary N) is 2. The number of halogens is 2. The second-order valence-electron chi connectivity index (χ2n) is 6.67. The second kappa shape index (κ2) is 11.6. The highest BCUT2D eigenvalue weighted by Crippen LogP contribution is 2.29. The third kappa shape index (κ3) is 6.93. The average Bonchev–Trinajstić information content (AvgIpc) is 2.76. The van der Waals surface area contributed by atoms with Gasteiger partial charge in [0.15, 0.2) is 17.6 Å². The Bertz CT molecular complexity index is 983. The number of carbonyl (C=O) groups is 3. The lowest BCUT2D eigenvalue weighted by Crippen LogP contribution is -2.30. The van der Waals surface area contributed by atoms with Crippen molar-refractivity contribution < 1.29 is 37.4 Å². The highest BCUT2D eigenvalue weighted by molar-refractivity contribution is 5.95. The summed E-state index contributed by atoms with van der Waals surface area (Å²) in [4.78, 5) is 36.1. The molecule has 8 nitrogen and oxygen atoms in total. The standard InChI is InChI=1S/C22H24F2N2O6/c1-13(21(28)26-15-7-9-18(30-2)19(12-15)31-3)32-20(27)5-4-10-25-22(29)16-8-6-14(23)11-17(16)24/h6-9,11-13H,4-5,10H2,1-3H3,(H,25,29)(H,26,28). The molecule has 0 radical (unpaired) electrons. The average molecular weight is 450 g/mol. The van der Waals surface area contributed by atoms with Gasteiger partial charge in [0.05, 0.1) is 19.8 Å². The molecule has 10 heteroatoms. The molecule has 0 aliphatic heterocycles. The van der Waals surface area contributed by atoms with Gasteiger partial charge in [-0.15, -0.1) is 0 Å². The fourth-order valence-corrected chi connectivity index (χ4v) is 2.67. The Labute approximate surface area is 183 Å². The van der Waals surface area contributed by atoms with E-state index in [2.05, 4.69) is 10.6 Å². The maximum atomic E-state index is 13.6. The summed E-state index contributed by atoms with van der Waals surface area (Å²) in [7, 11) is 2.95. The van der Waals surface area contributed by atoms with E-state index in [4.69, 9.17) is 14.2 Å². The van der Waals surface area contributed by atoms with E-state index >= 15 is 0 Å². The molecule has 2 aromatic carbocycles. The Morgan fingerprint density at radius 3 is 2.38 bits per heavy atom. The highest BCUT2D eigenvalue weighted by Gasteiger charge is 2.19. The maximum absolute atomic E-state index is 13.6. The van der Waals surface area contributed by atoms with E-state index in [-0.39, 0.29) is 24.9 Å². The third-order valence-corrected chi connectivity index (χ3v) is 4.35. The van der Waals surface area contributed by atoms with Gasteiger partial charge in [-0.05, 0) is 37.6 Å². The predicted molar refractivity (Wildman–Crippen MR) is 112 cm³/mol. The first kappa shape index (κ1) is 24.6. The molecular formula is C22H24F2N2O6. The van der Waals surface area contributed by atoms with E-state index in [1.807, 2.05) is 0 Å². The number of ether oxygens (including phenoxy) is 3. The number of benzene rings is 2. The van der Waals surface area contributed by atoms with Gasteiger partial charge in [-0.3, -0.25) is 14.4 Å². The summed E-state index contributed by atoms with van der Waals surface area (Å²) in [6.45, 7) is 1.49. The van der Waals surface area contributed by atoms with Crippen LogP contribution in [0.1, 0.15) is 30.1 Å². The first-order valence-electron chi connectivity index (χ1n) is 9.70. The quantitative estimate of drug-likeness (QED) is 0.426. The number of methoxy groups -OCH3 is 2. The van der Waals surface area contributed by atoms with Crippen molar-refractivity contribution in [1.82, 2.24) is 5.32 Å². The minimum absolute atomic E-state index is 0.0664. The van der Waals surface area contributed by atoms with Crippen LogP contribution in [0.2, 0.25) is 0 Å². The van der Waals surface area contributed by atoms with Crippen LogP contribution in [0.4, 0.5) is 14.5 Å². The van der Waals surface area contributed by atoms with Crippen molar-refractivity contribution in [3.05, 3.63) is 53.6 Å². The molecule has 0 aliphatic rings. The molecule has 0 bridgehead atoms. The van der Waals surface area contributed by atoms with Crippen molar-refractivity contribution in [3.63, 3.8) is 0 Å². The van der Waals surface area contributed by atoms with E-state index in [1.165, 1.54) is 21.1 Å². The van der Waals surface area contributed by atoms with E-state index < -0.39 is 35.5 Å². The van der Waals surface area contributed by atoms with Gasteiger partial charge in [-0.25, -0.2) is 8.78 Å². The van der Waals surface area contributed by atoms with Crippen LogP contribution in [0.3, 0.4) is 0 Å². The molecule has 0 heterocycles. The number of carbonyl (C=O) groups excluding carboxylic acids is 3. The van der Waals surface area contributed by atoms with Crippen molar-refractivity contribution in [2.24, 2.45) is 0 Å². The Balaban J connectivity index is 1.75. The molecule has 0 saturated heterocycles. The smallest absolute Gasteiger partial charge is 0.306 e. The number of hydrogen-bond acceptors (Lipinski definition) is 6. The van der Waals surface area contributed by atoms with Gasteiger partial charge >= 0.3 is 5.97 Å². The second-order valence-corrected chi connectivity index (χ2v) is 6.67. The lowest BCUT2D eigenvalue weighted by Gasteiger charge is -2.15. The van der Waals surface area contributed by atoms with Gasteiger partial charge in [0.2, 0.25) is 0 Å². The Kier molecular flexibility index (Phi) is 8.94. The SMILES string of the molecule is COc1ccc(NC(=O)C(C)OC(=O)CCCNC(=O)c2ccc(F)cc2F)cc1OC. The molecule has 0 spiro atoms. The molecule has 0 fully saturated rings. The fourth-order valence-electron chi connectivity index (χ4n) is 2.67. The largest absolute Gasteiger partial charge is 0.493 e. The normalized spacial score (nSPS) is 11.3. The van der Waals surface area contributed by atoms with Crippen LogP contribution >= 0.6 is 0 Å². The molecule has 0 aliphatic carbocycles. The molecule has 0 saturated carbocycles.